The Balaban J connectivity index is 1.21. The third-order valence-electron chi connectivity index (χ3n) is 5.66. The van der Waals surface area contributed by atoms with E-state index in [0.717, 1.165) is 47.4 Å². The van der Waals surface area contributed by atoms with Gasteiger partial charge in [-0.1, -0.05) is 60.3 Å². The monoisotopic (exact) mass is 438 g/mol. The molecule has 0 saturated carbocycles. The number of nitrogens with zero attached hydrogens (tertiary/aromatic N) is 3. The summed E-state index contributed by atoms with van der Waals surface area (Å²) in [5, 5.41) is 13.5. The summed E-state index contributed by atoms with van der Waals surface area (Å²) in [5.74, 6) is 3.10. The van der Waals surface area contributed by atoms with Gasteiger partial charge in [0.1, 0.15) is 0 Å². The minimum Gasteiger partial charge on any atom is -0.314 e. The number of thioether (sulfide) groups is 2. The molecule has 1 aromatic heterocycles. The smallest absolute Gasteiger partial charge is 0.191 e. The van der Waals surface area contributed by atoms with Gasteiger partial charge < -0.3 is 9.88 Å². The lowest BCUT2D eigenvalue weighted by molar-refractivity contribution is 0.459. The van der Waals surface area contributed by atoms with Gasteiger partial charge >= 0.3 is 0 Å². The van der Waals surface area contributed by atoms with Crippen molar-refractivity contribution in [1.82, 2.24) is 20.1 Å². The van der Waals surface area contributed by atoms with E-state index in [1.807, 2.05) is 37.0 Å². The van der Waals surface area contributed by atoms with Gasteiger partial charge in [-0.25, -0.2) is 0 Å². The van der Waals surface area contributed by atoms with Crippen molar-refractivity contribution in [1.29, 1.82) is 0 Å². The lowest BCUT2D eigenvalue weighted by Gasteiger charge is -2.26. The Morgan fingerprint density at radius 1 is 1.10 bits per heavy atom. The lowest BCUT2D eigenvalue weighted by Crippen LogP contribution is -2.35. The van der Waals surface area contributed by atoms with Crippen LogP contribution in [0.4, 0.5) is 0 Å². The van der Waals surface area contributed by atoms with Crippen molar-refractivity contribution in [2.24, 2.45) is 7.05 Å². The summed E-state index contributed by atoms with van der Waals surface area (Å²) in [4.78, 5) is 0. The van der Waals surface area contributed by atoms with Crippen molar-refractivity contribution in [2.75, 3.05) is 18.6 Å². The molecule has 3 aromatic rings. The molecule has 0 radical (unpaired) electrons. The average molecular weight is 439 g/mol. The summed E-state index contributed by atoms with van der Waals surface area (Å²) in [6.45, 7) is 1.06. The van der Waals surface area contributed by atoms with Gasteiger partial charge in [-0.15, -0.1) is 10.2 Å². The van der Waals surface area contributed by atoms with Crippen molar-refractivity contribution < 1.29 is 0 Å². The number of rotatable bonds is 9. The molecule has 0 spiro atoms. The van der Waals surface area contributed by atoms with Crippen LogP contribution in [0.15, 0.2) is 53.7 Å². The Kier molecular flexibility index (Phi) is 7.52. The van der Waals surface area contributed by atoms with E-state index in [1.165, 1.54) is 24.0 Å². The highest BCUT2D eigenvalue weighted by atomic mass is 32.2. The van der Waals surface area contributed by atoms with E-state index in [9.17, 15) is 0 Å². The Bertz CT molecular complexity index is 955. The first-order chi connectivity index (χ1) is 14.7. The van der Waals surface area contributed by atoms with E-state index in [-0.39, 0.29) is 0 Å². The molecule has 2 aromatic carbocycles. The van der Waals surface area contributed by atoms with Crippen molar-refractivity contribution in [3.05, 3.63) is 65.2 Å². The van der Waals surface area contributed by atoms with Gasteiger partial charge in [0, 0.05) is 30.2 Å². The van der Waals surface area contributed by atoms with E-state index in [4.69, 9.17) is 0 Å². The highest BCUT2D eigenvalue weighted by molar-refractivity contribution is 7.99. The average Bonchev–Trinajstić information content (AvgIpc) is 3.14. The molecule has 1 aliphatic rings. The van der Waals surface area contributed by atoms with Gasteiger partial charge in [-0.05, 0) is 55.2 Å². The number of aromatic nitrogens is 3. The molecule has 6 heteroatoms. The first-order valence-corrected chi connectivity index (χ1v) is 13.0. The molecule has 0 bridgehead atoms. The summed E-state index contributed by atoms with van der Waals surface area (Å²) in [7, 11) is 2.05. The van der Waals surface area contributed by atoms with E-state index >= 15 is 0 Å². The fraction of sp³-hybridized carbons (Fsp3) is 0.417. The highest BCUT2D eigenvalue weighted by Gasteiger charge is 2.18. The molecule has 0 saturated heterocycles. The van der Waals surface area contributed by atoms with E-state index in [1.54, 1.807) is 17.3 Å². The fourth-order valence-electron chi connectivity index (χ4n) is 4.06. The zero-order valence-electron chi connectivity index (χ0n) is 17.8. The molecule has 158 valence electrons. The predicted molar refractivity (Wildman–Crippen MR) is 129 cm³/mol. The fourth-order valence-corrected chi connectivity index (χ4v) is 5.42. The molecule has 0 aliphatic heterocycles. The number of hydrogen-bond donors (Lipinski definition) is 1. The molecule has 30 heavy (non-hydrogen) atoms. The minimum absolute atomic E-state index is 0.605. The van der Waals surface area contributed by atoms with Crippen molar-refractivity contribution in [2.45, 2.75) is 42.6 Å². The Hall–Kier alpha value is -1.76. The van der Waals surface area contributed by atoms with Gasteiger partial charge in [-0.3, -0.25) is 0 Å². The maximum Gasteiger partial charge on any atom is 0.191 e. The minimum atomic E-state index is 0.605. The van der Waals surface area contributed by atoms with Crippen LogP contribution in [0.3, 0.4) is 0 Å². The van der Waals surface area contributed by atoms with Crippen LogP contribution in [0, 0.1) is 0 Å². The van der Waals surface area contributed by atoms with Gasteiger partial charge in [0.05, 0.1) is 0 Å². The SMILES string of the molecule is CSCc1ccc2c(c1)CCC(NCCCSc1nnc(-c3ccccc3)n1C)C2. The summed E-state index contributed by atoms with van der Waals surface area (Å²) >= 11 is 3.69. The maximum absolute atomic E-state index is 4.38. The van der Waals surface area contributed by atoms with Crippen molar-refractivity contribution in [3.8, 4) is 11.4 Å². The zero-order chi connectivity index (χ0) is 20.8. The third kappa shape index (κ3) is 5.29. The van der Waals surface area contributed by atoms with Crippen LogP contribution < -0.4 is 5.32 Å². The van der Waals surface area contributed by atoms with Crippen LogP contribution in [-0.2, 0) is 25.6 Å². The van der Waals surface area contributed by atoms with Gasteiger partial charge in [0.15, 0.2) is 11.0 Å². The zero-order valence-corrected chi connectivity index (χ0v) is 19.4. The quantitative estimate of drug-likeness (QED) is 0.377. The second kappa shape index (κ2) is 10.5. The largest absolute Gasteiger partial charge is 0.314 e. The molecule has 4 rings (SSSR count). The van der Waals surface area contributed by atoms with Crippen molar-refractivity contribution >= 4 is 23.5 Å². The van der Waals surface area contributed by atoms with Gasteiger partial charge in [-0.2, -0.15) is 11.8 Å². The van der Waals surface area contributed by atoms with Gasteiger partial charge in [0.2, 0.25) is 0 Å². The highest BCUT2D eigenvalue weighted by Crippen LogP contribution is 2.25. The molecule has 1 atom stereocenters. The summed E-state index contributed by atoms with van der Waals surface area (Å²) in [6, 6.07) is 17.9. The molecular weight excluding hydrogens is 408 g/mol. The first kappa shape index (κ1) is 21.5. The standard InChI is InChI=1S/C24H30N4S2/c1-28-23(19-7-4-3-5-8-19)26-27-24(28)30-14-6-13-25-22-12-11-20-15-18(17-29-2)9-10-21(20)16-22/h3-5,7-10,15,22,25H,6,11-14,16-17H2,1-2H3. The lowest BCUT2D eigenvalue weighted by atomic mass is 9.87. The summed E-state index contributed by atoms with van der Waals surface area (Å²) in [5.41, 5.74) is 5.67. The number of benzene rings is 2. The maximum atomic E-state index is 4.38. The third-order valence-corrected chi connectivity index (χ3v) is 7.39. The Labute approximate surface area is 188 Å². The molecule has 1 aliphatic carbocycles. The predicted octanol–water partition coefficient (Wildman–Crippen LogP) is 4.97. The number of hydrogen-bond acceptors (Lipinski definition) is 5. The molecule has 0 fully saturated rings. The number of aryl methyl sites for hydroxylation is 1. The topological polar surface area (TPSA) is 42.7 Å². The molecular formula is C24H30N4S2. The molecule has 1 N–H and O–H groups in total. The van der Waals surface area contributed by atoms with Crippen LogP contribution in [0.2, 0.25) is 0 Å². The Morgan fingerprint density at radius 2 is 1.97 bits per heavy atom. The van der Waals surface area contributed by atoms with Crippen molar-refractivity contribution in [3.63, 3.8) is 0 Å². The van der Waals surface area contributed by atoms with Crippen LogP contribution in [0.25, 0.3) is 11.4 Å². The molecule has 1 heterocycles. The first-order valence-electron chi connectivity index (χ1n) is 10.6. The van der Waals surface area contributed by atoms with Crippen LogP contribution >= 0.6 is 23.5 Å². The summed E-state index contributed by atoms with van der Waals surface area (Å²) in [6.07, 6.45) is 6.90. The van der Waals surface area contributed by atoms with Gasteiger partial charge in [0.25, 0.3) is 0 Å². The van der Waals surface area contributed by atoms with E-state index < -0.39 is 0 Å². The molecule has 0 amide bonds. The van der Waals surface area contributed by atoms with Crippen LogP contribution in [0.1, 0.15) is 29.5 Å². The second-order valence-corrected chi connectivity index (χ2v) is 9.79. The molecule has 1 unspecified atom stereocenters. The van der Waals surface area contributed by atoms with Crippen LogP contribution in [-0.4, -0.2) is 39.4 Å². The van der Waals surface area contributed by atoms with E-state index in [0.29, 0.717) is 6.04 Å². The van der Waals surface area contributed by atoms with E-state index in [2.05, 4.69) is 56.7 Å². The number of fused-ring (bicyclic) bond motifs is 1. The van der Waals surface area contributed by atoms with Crippen LogP contribution in [0.5, 0.6) is 0 Å². The molecule has 4 nitrogen and oxygen atoms in total. The normalized spacial score (nSPS) is 15.9. The summed E-state index contributed by atoms with van der Waals surface area (Å²) < 4.78 is 2.09. The Morgan fingerprint density at radius 3 is 2.80 bits per heavy atom. The number of nitrogens with one attached hydrogen (secondary N) is 1. The second-order valence-electron chi connectivity index (χ2n) is 7.86.